The number of hydrogen-bond acceptors (Lipinski definition) is 5. The third kappa shape index (κ3) is 6.29. The second-order valence-electron chi connectivity index (χ2n) is 5.75. The maximum atomic E-state index is 11.9. The van der Waals surface area contributed by atoms with Crippen LogP contribution in [0.25, 0.3) is 0 Å². The van der Waals surface area contributed by atoms with Crippen LogP contribution in [0.4, 0.5) is 0 Å². The third-order valence-corrected chi connectivity index (χ3v) is 3.80. The van der Waals surface area contributed by atoms with Gasteiger partial charge < -0.3 is 9.47 Å². The molecule has 0 aliphatic carbocycles. The summed E-state index contributed by atoms with van der Waals surface area (Å²) in [6.45, 7) is 2.20. The number of unbranched alkanes of at least 4 members (excludes halogenated alkanes) is 6. The first-order valence-electron chi connectivity index (χ1n) is 8.79. The summed E-state index contributed by atoms with van der Waals surface area (Å²) < 4.78 is 10.7. The first kappa shape index (κ1) is 21.3. The number of aryl methyl sites for hydroxylation is 1. The molecule has 0 radical (unpaired) electrons. The summed E-state index contributed by atoms with van der Waals surface area (Å²) >= 11 is 0. The summed E-state index contributed by atoms with van der Waals surface area (Å²) in [4.78, 5) is 23.8. The molecule has 1 aromatic heterocycles. The van der Waals surface area contributed by atoms with Gasteiger partial charge in [-0.15, -0.1) is 0 Å². The lowest BCUT2D eigenvalue weighted by Crippen LogP contribution is -2.10. The van der Waals surface area contributed by atoms with Crippen molar-refractivity contribution in [1.82, 2.24) is 9.78 Å². The standard InChI is InChI=1S/C20H26N2O4/c1-5-6-7-8-9-10-11-12-13-14-15-16-17(19(23)25-3)21-22(2)18(16)20(24)26-4/h5-11H2,1-4H3. The Morgan fingerprint density at radius 1 is 1.00 bits per heavy atom. The molecule has 0 bridgehead atoms. The summed E-state index contributed by atoms with van der Waals surface area (Å²) in [6, 6.07) is 0. The number of esters is 2. The summed E-state index contributed by atoms with van der Waals surface area (Å²) in [5.74, 6) is 9.89. The molecule has 1 heterocycles. The zero-order chi connectivity index (χ0) is 19.4. The number of nitrogens with zero attached hydrogens (tertiary/aromatic N) is 2. The Labute approximate surface area is 155 Å². The van der Waals surface area contributed by atoms with Crippen LogP contribution in [-0.2, 0) is 16.5 Å². The zero-order valence-electron chi connectivity index (χ0n) is 16.0. The van der Waals surface area contributed by atoms with Gasteiger partial charge in [-0.3, -0.25) is 4.68 Å². The van der Waals surface area contributed by atoms with E-state index in [-0.39, 0.29) is 17.0 Å². The largest absolute Gasteiger partial charge is 0.464 e. The van der Waals surface area contributed by atoms with Gasteiger partial charge >= 0.3 is 11.9 Å². The lowest BCUT2D eigenvalue weighted by atomic mass is 10.1. The predicted octanol–water partition coefficient (Wildman–Crippen LogP) is 3.10. The molecular formula is C20H26N2O4. The minimum absolute atomic E-state index is 0.0272. The SMILES string of the molecule is CCCCCCCCC#CC#Cc1c(C(=O)OC)nn(C)c1C(=O)OC. The number of aromatic nitrogens is 2. The van der Waals surface area contributed by atoms with Crippen LogP contribution in [0.1, 0.15) is 78.4 Å². The molecule has 0 saturated carbocycles. The van der Waals surface area contributed by atoms with Crippen molar-refractivity contribution < 1.29 is 19.1 Å². The van der Waals surface area contributed by atoms with Crippen molar-refractivity contribution in [2.24, 2.45) is 7.05 Å². The van der Waals surface area contributed by atoms with E-state index in [9.17, 15) is 9.59 Å². The predicted molar refractivity (Wildman–Crippen MR) is 98.5 cm³/mol. The fourth-order valence-electron chi connectivity index (χ4n) is 2.41. The molecule has 6 nitrogen and oxygen atoms in total. The van der Waals surface area contributed by atoms with Crippen LogP contribution in [0.5, 0.6) is 0 Å². The molecule has 0 unspecified atom stereocenters. The van der Waals surface area contributed by atoms with Gasteiger partial charge in [-0.2, -0.15) is 5.10 Å². The Kier molecular flexibility index (Phi) is 9.64. The minimum Gasteiger partial charge on any atom is -0.464 e. The van der Waals surface area contributed by atoms with Gasteiger partial charge in [0.05, 0.1) is 19.8 Å². The molecule has 0 spiro atoms. The second-order valence-corrected chi connectivity index (χ2v) is 5.75. The Bertz CT molecular complexity index is 742. The maximum Gasteiger partial charge on any atom is 0.359 e. The number of rotatable bonds is 8. The molecule has 6 heteroatoms. The number of methoxy groups -OCH3 is 2. The van der Waals surface area contributed by atoms with Gasteiger partial charge in [-0.05, 0) is 24.2 Å². The van der Waals surface area contributed by atoms with E-state index in [4.69, 9.17) is 4.74 Å². The molecule has 0 aliphatic rings. The van der Waals surface area contributed by atoms with Gasteiger partial charge in [0.25, 0.3) is 0 Å². The van der Waals surface area contributed by atoms with Crippen molar-refractivity contribution in [2.75, 3.05) is 14.2 Å². The van der Waals surface area contributed by atoms with Crippen molar-refractivity contribution in [3.8, 4) is 23.7 Å². The Morgan fingerprint density at radius 3 is 2.31 bits per heavy atom. The van der Waals surface area contributed by atoms with Gasteiger partial charge in [0.15, 0.2) is 11.4 Å². The van der Waals surface area contributed by atoms with Crippen molar-refractivity contribution in [3.05, 3.63) is 17.0 Å². The van der Waals surface area contributed by atoms with Gasteiger partial charge in [0, 0.05) is 13.5 Å². The van der Waals surface area contributed by atoms with Gasteiger partial charge in [0.2, 0.25) is 0 Å². The van der Waals surface area contributed by atoms with Crippen LogP contribution >= 0.6 is 0 Å². The first-order valence-corrected chi connectivity index (χ1v) is 8.79. The summed E-state index contributed by atoms with van der Waals surface area (Å²) in [6.07, 6.45) is 8.04. The summed E-state index contributed by atoms with van der Waals surface area (Å²) in [5.41, 5.74) is 0.235. The number of carbonyl (C=O) groups excluding carboxylic acids is 2. The van der Waals surface area contributed by atoms with E-state index in [0.717, 1.165) is 12.8 Å². The highest BCUT2D eigenvalue weighted by atomic mass is 16.5. The van der Waals surface area contributed by atoms with Crippen molar-refractivity contribution in [2.45, 2.75) is 51.9 Å². The molecule has 0 saturated heterocycles. The zero-order valence-corrected chi connectivity index (χ0v) is 16.0. The van der Waals surface area contributed by atoms with Crippen molar-refractivity contribution >= 4 is 11.9 Å². The number of ether oxygens (including phenoxy) is 2. The normalized spacial score (nSPS) is 9.54. The fourth-order valence-corrected chi connectivity index (χ4v) is 2.41. The highest BCUT2D eigenvalue weighted by molar-refractivity contribution is 5.97. The average Bonchev–Trinajstić information content (AvgIpc) is 2.98. The van der Waals surface area contributed by atoms with Crippen LogP contribution < -0.4 is 0 Å². The van der Waals surface area contributed by atoms with E-state index in [0.29, 0.717) is 0 Å². The molecule has 0 aromatic carbocycles. The monoisotopic (exact) mass is 358 g/mol. The summed E-state index contributed by atoms with van der Waals surface area (Å²) in [5, 5.41) is 4.00. The maximum absolute atomic E-state index is 11.9. The minimum atomic E-state index is -0.667. The van der Waals surface area contributed by atoms with Gasteiger partial charge in [0.1, 0.15) is 0 Å². The molecule has 0 fully saturated rings. The molecule has 1 aromatic rings. The van der Waals surface area contributed by atoms with E-state index in [1.807, 2.05) is 0 Å². The first-order chi connectivity index (χ1) is 12.6. The highest BCUT2D eigenvalue weighted by Crippen LogP contribution is 2.15. The molecular weight excluding hydrogens is 332 g/mol. The van der Waals surface area contributed by atoms with Crippen molar-refractivity contribution in [3.63, 3.8) is 0 Å². The van der Waals surface area contributed by atoms with Crippen LogP contribution in [0.2, 0.25) is 0 Å². The lowest BCUT2D eigenvalue weighted by Gasteiger charge is -1.99. The second kappa shape index (κ2) is 11.8. The molecule has 0 amide bonds. The molecule has 140 valence electrons. The van der Waals surface area contributed by atoms with Gasteiger partial charge in [-0.1, -0.05) is 44.9 Å². The molecule has 1 rings (SSSR count). The fraction of sp³-hybridized carbons (Fsp3) is 0.550. The van der Waals surface area contributed by atoms with Crippen LogP contribution in [0, 0.1) is 23.7 Å². The van der Waals surface area contributed by atoms with E-state index in [1.165, 1.54) is 58.1 Å². The van der Waals surface area contributed by atoms with E-state index in [2.05, 4.69) is 40.4 Å². The Balaban J connectivity index is 2.81. The van der Waals surface area contributed by atoms with Crippen molar-refractivity contribution in [1.29, 1.82) is 0 Å². The van der Waals surface area contributed by atoms with Crippen LogP contribution in [0.3, 0.4) is 0 Å². The van der Waals surface area contributed by atoms with E-state index < -0.39 is 11.9 Å². The average molecular weight is 358 g/mol. The smallest absolute Gasteiger partial charge is 0.359 e. The molecule has 0 atom stereocenters. The summed E-state index contributed by atoms with van der Waals surface area (Å²) in [7, 11) is 4.03. The van der Waals surface area contributed by atoms with Crippen LogP contribution in [-0.4, -0.2) is 35.9 Å². The molecule has 0 N–H and O–H groups in total. The lowest BCUT2D eigenvalue weighted by molar-refractivity contribution is 0.0582. The molecule has 0 aliphatic heterocycles. The topological polar surface area (TPSA) is 70.4 Å². The van der Waals surface area contributed by atoms with E-state index >= 15 is 0 Å². The molecule has 26 heavy (non-hydrogen) atoms. The third-order valence-electron chi connectivity index (χ3n) is 3.80. The quantitative estimate of drug-likeness (QED) is 0.406. The van der Waals surface area contributed by atoms with Gasteiger partial charge in [-0.25, -0.2) is 9.59 Å². The number of hydrogen-bond donors (Lipinski definition) is 0. The highest BCUT2D eigenvalue weighted by Gasteiger charge is 2.26. The number of carbonyl (C=O) groups is 2. The van der Waals surface area contributed by atoms with Crippen LogP contribution in [0.15, 0.2) is 0 Å². The Hall–Kier alpha value is -2.73. The van der Waals surface area contributed by atoms with E-state index in [1.54, 1.807) is 0 Å². The Morgan fingerprint density at radius 2 is 1.65 bits per heavy atom.